The lowest BCUT2D eigenvalue weighted by molar-refractivity contribution is 0.534. The summed E-state index contributed by atoms with van der Waals surface area (Å²) in [7, 11) is 0. The fourth-order valence-corrected chi connectivity index (χ4v) is 1.63. The Bertz CT molecular complexity index is 264. The number of aromatic amines is 1. The molecule has 0 saturated carbocycles. The number of hydrogen-bond donors (Lipinski definition) is 3. The number of nitrogens with one attached hydrogen (secondary N) is 3. The normalized spacial score (nSPS) is 15.7. The average Bonchev–Trinajstić information content (AvgIpc) is 2.49. The minimum Gasteiger partial charge on any atom is -0.362 e. The summed E-state index contributed by atoms with van der Waals surface area (Å²) in [6, 6.07) is 0. The Labute approximate surface area is 92.7 Å². The largest absolute Gasteiger partial charge is 0.362 e. The molecule has 3 nitrogen and oxygen atoms in total. The van der Waals surface area contributed by atoms with Crippen molar-refractivity contribution in [3.63, 3.8) is 0 Å². The highest BCUT2D eigenvalue weighted by molar-refractivity contribution is 5.32. The van der Waals surface area contributed by atoms with E-state index >= 15 is 0 Å². The van der Waals surface area contributed by atoms with Crippen LogP contribution in [0.2, 0.25) is 0 Å². The first-order valence-corrected chi connectivity index (χ1v) is 5.66. The van der Waals surface area contributed by atoms with Crippen molar-refractivity contribution in [2.24, 2.45) is 0 Å². The molecule has 3 heteroatoms. The van der Waals surface area contributed by atoms with Crippen LogP contribution in [0.1, 0.15) is 22.5 Å². The Morgan fingerprint density at radius 1 is 0.667 bits per heavy atom. The van der Waals surface area contributed by atoms with E-state index in [2.05, 4.69) is 43.3 Å². The molecule has 15 heavy (non-hydrogen) atoms. The summed E-state index contributed by atoms with van der Waals surface area (Å²) in [6.07, 6.45) is 0. The van der Waals surface area contributed by atoms with Crippen LogP contribution in [0.4, 0.5) is 0 Å². The molecule has 1 aromatic heterocycles. The first kappa shape index (κ1) is 12.3. The van der Waals surface area contributed by atoms with Gasteiger partial charge in [0.2, 0.25) is 0 Å². The standard InChI is InChI=1S/C8H13N.C4H10N2/c1-5-6(2)8(4)9-7(5)3;1-2-6-4-3-5-1/h9H,1-4H3;5-6H,1-4H2. The van der Waals surface area contributed by atoms with E-state index in [4.69, 9.17) is 0 Å². The lowest BCUT2D eigenvalue weighted by Gasteiger charge is -2.11. The van der Waals surface area contributed by atoms with Gasteiger partial charge in [0.1, 0.15) is 0 Å². The van der Waals surface area contributed by atoms with Crippen LogP contribution in [0.3, 0.4) is 0 Å². The van der Waals surface area contributed by atoms with E-state index in [0.717, 1.165) is 26.2 Å². The van der Waals surface area contributed by atoms with E-state index in [9.17, 15) is 0 Å². The van der Waals surface area contributed by atoms with Crippen molar-refractivity contribution in [2.75, 3.05) is 26.2 Å². The van der Waals surface area contributed by atoms with Gasteiger partial charge in [0.05, 0.1) is 0 Å². The fraction of sp³-hybridized carbons (Fsp3) is 0.667. The molecular formula is C12H23N3. The molecule has 1 aromatic rings. The zero-order valence-electron chi connectivity index (χ0n) is 10.3. The third-order valence-corrected chi connectivity index (χ3v) is 3.02. The molecule has 1 fully saturated rings. The Morgan fingerprint density at radius 3 is 1.13 bits per heavy atom. The van der Waals surface area contributed by atoms with Gasteiger partial charge in [0.25, 0.3) is 0 Å². The molecule has 2 heterocycles. The van der Waals surface area contributed by atoms with Gasteiger partial charge in [-0.1, -0.05) is 0 Å². The highest BCUT2D eigenvalue weighted by atomic mass is 15.0. The Kier molecular flexibility index (Phi) is 4.85. The zero-order valence-corrected chi connectivity index (χ0v) is 10.3. The second-order valence-corrected chi connectivity index (χ2v) is 4.12. The van der Waals surface area contributed by atoms with Crippen LogP contribution in [-0.2, 0) is 0 Å². The van der Waals surface area contributed by atoms with Gasteiger partial charge in [-0.2, -0.15) is 0 Å². The van der Waals surface area contributed by atoms with Crippen molar-refractivity contribution in [1.82, 2.24) is 15.6 Å². The number of aromatic nitrogens is 1. The van der Waals surface area contributed by atoms with Crippen molar-refractivity contribution in [3.8, 4) is 0 Å². The van der Waals surface area contributed by atoms with Gasteiger partial charge in [-0.15, -0.1) is 0 Å². The maximum atomic E-state index is 3.28. The van der Waals surface area contributed by atoms with E-state index in [1.807, 2.05) is 0 Å². The number of hydrogen-bond acceptors (Lipinski definition) is 2. The highest BCUT2D eigenvalue weighted by Gasteiger charge is 2.00. The number of rotatable bonds is 0. The summed E-state index contributed by atoms with van der Waals surface area (Å²) < 4.78 is 0. The quantitative estimate of drug-likeness (QED) is 0.605. The second-order valence-electron chi connectivity index (χ2n) is 4.12. The Hall–Kier alpha value is -0.800. The van der Waals surface area contributed by atoms with Crippen molar-refractivity contribution in [1.29, 1.82) is 0 Å². The van der Waals surface area contributed by atoms with Crippen LogP contribution in [-0.4, -0.2) is 31.2 Å². The van der Waals surface area contributed by atoms with Gasteiger partial charge >= 0.3 is 0 Å². The van der Waals surface area contributed by atoms with Crippen LogP contribution < -0.4 is 10.6 Å². The summed E-state index contributed by atoms with van der Waals surface area (Å²) in [5.74, 6) is 0. The Morgan fingerprint density at radius 2 is 1.00 bits per heavy atom. The van der Waals surface area contributed by atoms with Gasteiger partial charge in [0.15, 0.2) is 0 Å². The molecule has 0 bridgehead atoms. The van der Waals surface area contributed by atoms with E-state index in [1.165, 1.54) is 22.5 Å². The van der Waals surface area contributed by atoms with Gasteiger partial charge < -0.3 is 15.6 Å². The van der Waals surface area contributed by atoms with Crippen molar-refractivity contribution >= 4 is 0 Å². The van der Waals surface area contributed by atoms with Crippen LogP contribution in [0.5, 0.6) is 0 Å². The predicted octanol–water partition coefficient (Wildman–Crippen LogP) is 1.43. The summed E-state index contributed by atoms with van der Waals surface area (Å²) in [5.41, 5.74) is 5.38. The molecule has 0 aromatic carbocycles. The minimum absolute atomic E-state index is 1.14. The maximum Gasteiger partial charge on any atom is 0.0150 e. The highest BCUT2D eigenvalue weighted by Crippen LogP contribution is 2.14. The molecule has 1 aliphatic heterocycles. The lowest BCUT2D eigenvalue weighted by atomic mass is 10.2. The van der Waals surface area contributed by atoms with E-state index in [0.29, 0.717) is 0 Å². The molecule has 0 spiro atoms. The molecule has 86 valence electrons. The monoisotopic (exact) mass is 209 g/mol. The summed E-state index contributed by atoms with van der Waals surface area (Å²) in [4.78, 5) is 3.28. The molecule has 3 N–H and O–H groups in total. The summed E-state index contributed by atoms with van der Waals surface area (Å²) in [6.45, 7) is 13.1. The van der Waals surface area contributed by atoms with Gasteiger partial charge in [0, 0.05) is 37.6 Å². The lowest BCUT2D eigenvalue weighted by Crippen LogP contribution is -2.39. The van der Waals surface area contributed by atoms with Crippen LogP contribution in [0.15, 0.2) is 0 Å². The van der Waals surface area contributed by atoms with Crippen molar-refractivity contribution < 1.29 is 0 Å². The van der Waals surface area contributed by atoms with E-state index < -0.39 is 0 Å². The van der Waals surface area contributed by atoms with E-state index in [1.54, 1.807) is 0 Å². The van der Waals surface area contributed by atoms with Gasteiger partial charge in [-0.25, -0.2) is 0 Å². The molecule has 0 atom stereocenters. The zero-order chi connectivity index (χ0) is 11.3. The molecule has 0 aliphatic carbocycles. The third kappa shape index (κ3) is 3.68. The molecule has 1 saturated heterocycles. The first-order chi connectivity index (χ1) is 7.13. The topological polar surface area (TPSA) is 39.8 Å². The van der Waals surface area contributed by atoms with Crippen LogP contribution in [0, 0.1) is 27.7 Å². The molecule has 0 unspecified atom stereocenters. The van der Waals surface area contributed by atoms with E-state index in [-0.39, 0.29) is 0 Å². The second kappa shape index (κ2) is 5.93. The van der Waals surface area contributed by atoms with Gasteiger partial charge in [-0.3, -0.25) is 0 Å². The smallest absolute Gasteiger partial charge is 0.0150 e. The maximum absolute atomic E-state index is 3.28. The van der Waals surface area contributed by atoms with Crippen molar-refractivity contribution in [3.05, 3.63) is 22.5 Å². The minimum atomic E-state index is 1.14. The molecule has 1 aliphatic rings. The SMILES string of the molecule is C1CNCCN1.Cc1[nH]c(C)c(C)c1C. The number of H-pyrrole nitrogens is 1. The third-order valence-electron chi connectivity index (χ3n) is 3.02. The van der Waals surface area contributed by atoms with Crippen LogP contribution in [0.25, 0.3) is 0 Å². The fourth-order valence-electron chi connectivity index (χ4n) is 1.63. The summed E-state index contributed by atoms with van der Waals surface area (Å²) in [5, 5.41) is 6.44. The molecule has 2 rings (SSSR count). The first-order valence-electron chi connectivity index (χ1n) is 5.66. The molecule has 0 radical (unpaired) electrons. The number of piperazine rings is 1. The van der Waals surface area contributed by atoms with Gasteiger partial charge in [-0.05, 0) is 38.8 Å². The predicted molar refractivity (Wildman–Crippen MR) is 65.5 cm³/mol. The summed E-state index contributed by atoms with van der Waals surface area (Å²) >= 11 is 0. The number of aryl methyl sites for hydroxylation is 2. The average molecular weight is 209 g/mol. The molecular weight excluding hydrogens is 186 g/mol. The molecule has 0 amide bonds. The Balaban J connectivity index is 0.000000162. The van der Waals surface area contributed by atoms with Crippen molar-refractivity contribution in [2.45, 2.75) is 27.7 Å². The van der Waals surface area contributed by atoms with Crippen LogP contribution >= 0.6 is 0 Å².